The molecule has 0 saturated heterocycles. The van der Waals surface area contributed by atoms with Crippen LogP contribution in [0.2, 0.25) is 0 Å². The van der Waals surface area contributed by atoms with Gasteiger partial charge >= 0.3 is 12.1 Å². The topological polar surface area (TPSA) is 104 Å². The summed E-state index contributed by atoms with van der Waals surface area (Å²) in [5, 5.41) is 10.4. The van der Waals surface area contributed by atoms with E-state index in [9.17, 15) is 9.59 Å². The number of hydrogen-bond acceptors (Lipinski definition) is 7. The molecule has 0 spiro atoms. The summed E-state index contributed by atoms with van der Waals surface area (Å²) >= 11 is 0. The normalized spacial score (nSPS) is 12.3. The van der Waals surface area contributed by atoms with Gasteiger partial charge in [-0.25, -0.2) is 9.18 Å². The van der Waals surface area contributed by atoms with Crippen molar-refractivity contribution in [3.63, 3.8) is 0 Å². The molecule has 4 aromatic rings. The minimum absolute atomic E-state index is 0.0697. The van der Waals surface area contributed by atoms with E-state index < -0.39 is 29.2 Å². The minimum Gasteiger partial charge on any atom is -0.489 e. The SMILES string of the molecule is C[C@@H](NC(=O)OC(C)(C)C)c1cccc(-c2cc(CNc3ccn(C)n3)cc(COc3ccccc3CC(=O)OC(C)(C)C)c2)c1F. The number of carbonyl (C=O) groups is 2. The van der Waals surface area contributed by atoms with Gasteiger partial charge in [0.2, 0.25) is 0 Å². The molecule has 0 fully saturated rings. The molecule has 0 radical (unpaired) electrons. The van der Waals surface area contributed by atoms with Gasteiger partial charge in [0.25, 0.3) is 0 Å². The highest BCUT2D eigenvalue weighted by Gasteiger charge is 2.22. The zero-order valence-corrected chi connectivity index (χ0v) is 28.4. The molecule has 1 amide bonds. The molecule has 1 atom stereocenters. The van der Waals surface area contributed by atoms with Crippen molar-refractivity contribution in [2.45, 2.75) is 85.3 Å². The van der Waals surface area contributed by atoms with Crippen LogP contribution in [-0.2, 0) is 40.9 Å². The fourth-order valence-corrected chi connectivity index (χ4v) is 4.96. The number of esters is 1. The zero-order valence-electron chi connectivity index (χ0n) is 28.4. The molecule has 0 bridgehead atoms. The fraction of sp³-hybridized carbons (Fsp3) is 0.378. The Hall–Kier alpha value is -4.86. The number of carbonyl (C=O) groups excluding carboxylic acids is 2. The summed E-state index contributed by atoms with van der Waals surface area (Å²) in [5.41, 5.74) is 2.49. The predicted octanol–water partition coefficient (Wildman–Crippen LogP) is 7.89. The van der Waals surface area contributed by atoms with Gasteiger partial charge in [-0.05, 0) is 83.4 Å². The van der Waals surface area contributed by atoms with Crippen molar-refractivity contribution in [2.75, 3.05) is 5.32 Å². The van der Waals surface area contributed by atoms with Gasteiger partial charge in [0, 0.05) is 42.5 Å². The largest absolute Gasteiger partial charge is 0.489 e. The number of amides is 1. The van der Waals surface area contributed by atoms with E-state index in [1.165, 1.54) is 0 Å². The number of halogens is 1. The van der Waals surface area contributed by atoms with E-state index in [1.54, 1.807) is 50.6 Å². The molecule has 250 valence electrons. The Balaban J connectivity index is 1.62. The standard InChI is InChI=1S/C37H45FN4O5/c1-24(40-35(44)47-37(5,6)7)29-13-11-14-30(34(29)38)28-19-25(22-39-32-16-17-42(8)41-32)18-26(20-28)23-45-31-15-10-9-12-27(31)21-33(43)46-36(2,3)4/h9-20,24H,21-23H2,1-8H3,(H,39,41)(H,40,44)/t24-/m1/s1. The third-order valence-corrected chi connectivity index (χ3v) is 6.90. The average Bonchev–Trinajstić information content (AvgIpc) is 3.38. The Morgan fingerprint density at radius 2 is 1.62 bits per heavy atom. The Bertz CT molecular complexity index is 1700. The lowest BCUT2D eigenvalue weighted by molar-refractivity contribution is -0.153. The van der Waals surface area contributed by atoms with Crippen LogP contribution in [0.1, 0.15) is 76.8 Å². The number of nitrogens with zero attached hydrogens (tertiary/aromatic N) is 2. The molecule has 47 heavy (non-hydrogen) atoms. The van der Waals surface area contributed by atoms with E-state index in [4.69, 9.17) is 14.2 Å². The van der Waals surface area contributed by atoms with Crippen molar-refractivity contribution < 1.29 is 28.2 Å². The molecule has 0 aliphatic carbocycles. The molecular weight excluding hydrogens is 599 g/mol. The molecule has 4 rings (SSSR count). The molecular formula is C37H45FN4O5. The molecule has 1 heterocycles. The van der Waals surface area contributed by atoms with Gasteiger partial charge in [-0.15, -0.1) is 0 Å². The first-order chi connectivity index (χ1) is 22.1. The van der Waals surface area contributed by atoms with Crippen LogP contribution in [-0.4, -0.2) is 33.0 Å². The fourth-order valence-electron chi connectivity index (χ4n) is 4.96. The number of aromatic nitrogens is 2. The predicted molar refractivity (Wildman–Crippen MR) is 180 cm³/mol. The third kappa shape index (κ3) is 10.6. The summed E-state index contributed by atoms with van der Waals surface area (Å²) in [4.78, 5) is 25.0. The van der Waals surface area contributed by atoms with Crippen molar-refractivity contribution in [1.29, 1.82) is 0 Å². The maximum absolute atomic E-state index is 16.2. The average molecular weight is 645 g/mol. The van der Waals surface area contributed by atoms with Gasteiger partial charge < -0.3 is 24.8 Å². The number of para-hydroxylation sites is 1. The minimum atomic E-state index is -0.678. The van der Waals surface area contributed by atoms with Crippen molar-refractivity contribution >= 4 is 17.9 Å². The number of benzene rings is 3. The van der Waals surface area contributed by atoms with Gasteiger partial charge in [0.05, 0.1) is 12.5 Å². The molecule has 0 aliphatic heterocycles. The van der Waals surface area contributed by atoms with Crippen LogP contribution in [0, 0.1) is 5.82 Å². The monoisotopic (exact) mass is 644 g/mol. The van der Waals surface area contributed by atoms with Crippen LogP contribution in [0.25, 0.3) is 11.1 Å². The number of rotatable bonds is 11. The summed E-state index contributed by atoms with van der Waals surface area (Å²) in [6, 6.07) is 19.5. The maximum Gasteiger partial charge on any atom is 0.408 e. The first kappa shape index (κ1) is 35.0. The van der Waals surface area contributed by atoms with Crippen molar-refractivity contribution in [1.82, 2.24) is 15.1 Å². The molecule has 9 nitrogen and oxygen atoms in total. The van der Waals surface area contributed by atoms with Crippen LogP contribution < -0.4 is 15.4 Å². The smallest absolute Gasteiger partial charge is 0.408 e. The second kappa shape index (κ2) is 14.7. The highest BCUT2D eigenvalue weighted by molar-refractivity contribution is 5.74. The van der Waals surface area contributed by atoms with Crippen LogP contribution in [0.4, 0.5) is 15.0 Å². The number of aryl methyl sites for hydroxylation is 1. The molecule has 10 heteroatoms. The molecule has 1 aromatic heterocycles. The quantitative estimate of drug-likeness (QED) is 0.160. The number of ether oxygens (including phenoxy) is 3. The zero-order chi connectivity index (χ0) is 34.4. The molecule has 0 unspecified atom stereocenters. The first-order valence-corrected chi connectivity index (χ1v) is 15.6. The first-order valence-electron chi connectivity index (χ1n) is 15.6. The Kier molecular flexibility index (Phi) is 11.0. The summed E-state index contributed by atoms with van der Waals surface area (Å²) in [7, 11) is 1.84. The highest BCUT2D eigenvalue weighted by atomic mass is 19.1. The van der Waals surface area contributed by atoms with Crippen LogP contribution >= 0.6 is 0 Å². The molecule has 3 aromatic carbocycles. The van der Waals surface area contributed by atoms with Gasteiger partial charge in [-0.1, -0.05) is 42.5 Å². The summed E-state index contributed by atoms with van der Waals surface area (Å²) in [6.45, 7) is 13.1. The van der Waals surface area contributed by atoms with Crippen LogP contribution in [0.15, 0.2) is 72.9 Å². The lowest BCUT2D eigenvalue weighted by Gasteiger charge is -2.22. The molecule has 0 saturated carbocycles. The van der Waals surface area contributed by atoms with E-state index in [-0.39, 0.29) is 19.0 Å². The maximum atomic E-state index is 16.2. The number of anilines is 1. The van der Waals surface area contributed by atoms with E-state index in [2.05, 4.69) is 15.7 Å². The van der Waals surface area contributed by atoms with Crippen LogP contribution in [0.5, 0.6) is 5.75 Å². The summed E-state index contributed by atoms with van der Waals surface area (Å²) in [5.74, 6) is 0.485. The number of hydrogen-bond donors (Lipinski definition) is 2. The van der Waals surface area contributed by atoms with Gasteiger partial charge in [0.15, 0.2) is 0 Å². The number of nitrogens with one attached hydrogen (secondary N) is 2. The van der Waals surface area contributed by atoms with Crippen LogP contribution in [0.3, 0.4) is 0 Å². The lowest BCUT2D eigenvalue weighted by Crippen LogP contribution is -2.34. The number of alkyl carbamates (subject to hydrolysis) is 1. The van der Waals surface area contributed by atoms with Gasteiger partial charge in [-0.3, -0.25) is 9.48 Å². The van der Waals surface area contributed by atoms with Crippen molar-refractivity contribution in [3.05, 3.63) is 101 Å². The van der Waals surface area contributed by atoms with Crippen molar-refractivity contribution in [2.24, 2.45) is 7.05 Å². The summed E-state index contributed by atoms with van der Waals surface area (Å²) < 4.78 is 35.0. The van der Waals surface area contributed by atoms with Gasteiger partial charge in [0.1, 0.15) is 35.2 Å². The molecule has 2 N–H and O–H groups in total. The second-order valence-electron chi connectivity index (χ2n) is 13.5. The van der Waals surface area contributed by atoms with E-state index in [1.807, 2.05) is 82.5 Å². The van der Waals surface area contributed by atoms with Gasteiger partial charge in [-0.2, -0.15) is 5.10 Å². The Labute approximate surface area is 276 Å². The highest BCUT2D eigenvalue weighted by Crippen LogP contribution is 2.31. The second-order valence-corrected chi connectivity index (χ2v) is 13.5. The Morgan fingerprint density at radius 1 is 0.915 bits per heavy atom. The lowest BCUT2D eigenvalue weighted by atomic mass is 9.96. The third-order valence-electron chi connectivity index (χ3n) is 6.90. The molecule has 0 aliphatic rings. The van der Waals surface area contributed by atoms with E-state index in [0.29, 0.717) is 40.4 Å². The summed E-state index contributed by atoms with van der Waals surface area (Å²) in [6.07, 6.45) is 1.30. The Morgan fingerprint density at radius 3 is 2.30 bits per heavy atom. The van der Waals surface area contributed by atoms with E-state index in [0.717, 1.165) is 11.1 Å². The van der Waals surface area contributed by atoms with Crippen molar-refractivity contribution in [3.8, 4) is 16.9 Å². The van der Waals surface area contributed by atoms with E-state index >= 15 is 4.39 Å².